The molecule has 2 aromatic rings. The van der Waals surface area contributed by atoms with Gasteiger partial charge in [-0.1, -0.05) is 42.3 Å². The molecule has 2 aliphatic heterocycles. The molecule has 126 valence electrons. The molecule has 3 nitrogen and oxygen atoms in total. The van der Waals surface area contributed by atoms with Crippen LogP contribution in [0, 0.1) is 13.8 Å². The zero-order valence-electron chi connectivity index (χ0n) is 14.9. The van der Waals surface area contributed by atoms with Crippen molar-refractivity contribution >= 4 is 17.3 Å². The average molecular weight is 322 g/mol. The lowest BCUT2D eigenvalue weighted by Gasteiger charge is -2.16. The smallest absolute Gasteiger partial charge is 0.226 e. The van der Waals surface area contributed by atoms with Gasteiger partial charge in [0.05, 0.1) is 0 Å². The Morgan fingerprint density at radius 3 is 2.50 bits per heavy atom. The van der Waals surface area contributed by atoms with Crippen LogP contribution >= 0.6 is 0 Å². The number of hydrogen-bond donors (Lipinski definition) is 1. The third kappa shape index (κ3) is 3.45. The molecule has 1 amide bonds. The first-order chi connectivity index (χ1) is 11.6. The topological polar surface area (TPSA) is 32.3 Å². The lowest BCUT2D eigenvalue weighted by atomic mass is 10.1. The highest BCUT2D eigenvalue weighted by molar-refractivity contribution is 5.95. The fourth-order valence-corrected chi connectivity index (χ4v) is 3.41. The molecule has 0 aromatic heterocycles. The summed E-state index contributed by atoms with van der Waals surface area (Å²) >= 11 is 0. The minimum Gasteiger partial charge on any atom is -0.384 e. The molecule has 0 atom stereocenters. The van der Waals surface area contributed by atoms with Gasteiger partial charge in [0.2, 0.25) is 5.91 Å². The van der Waals surface area contributed by atoms with Gasteiger partial charge in [0.25, 0.3) is 0 Å². The Kier molecular flexibility index (Phi) is 4.89. The van der Waals surface area contributed by atoms with Crippen LogP contribution in [0.5, 0.6) is 0 Å². The summed E-state index contributed by atoms with van der Waals surface area (Å²) in [7, 11) is 0. The Bertz CT molecular complexity index is 751. The molecule has 0 bridgehead atoms. The van der Waals surface area contributed by atoms with Crippen molar-refractivity contribution in [2.24, 2.45) is 0 Å². The van der Waals surface area contributed by atoms with Gasteiger partial charge in [0.15, 0.2) is 0 Å². The standard InChI is InChI=1S/C12H15NO.C9H11N/c1-3-12(14)13-7-6-10-8-9(2)4-5-11(10)13;1-7-2-3-9-8(6-7)4-5-10-9/h4-5,8H,3,6-7H2,1-2H3;2-3,6,10H,4-5H2,1H3. The van der Waals surface area contributed by atoms with Crippen LogP contribution in [0.15, 0.2) is 36.4 Å². The highest BCUT2D eigenvalue weighted by atomic mass is 16.2. The minimum atomic E-state index is 0.229. The number of rotatable bonds is 1. The number of benzene rings is 2. The predicted octanol–water partition coefficient (Wildman–Crippen LogP) is 4.26. The number of fused-ring (bicyclic) bond motifs is 2. The van der Waals surface area contributed by atoms with E-state index in [2.05, 4.69) is 55.6 Å². The molecule has 2 heterocycles. The lowest BCUT2D eigenvalue weighted by molar-refractivity contribution is -0.118. The van der Waals surface area contributed by atoms with Crippen molar-refractivity contribution in [2.75, 3.05) is 23.3 Å². The maximum atomic E-state index is 11.6. The first-order valence-electron chi connectivity index (χ1n) is 8.81. The molecule has 24 heavy (non-hydrogen) atoms. The van der Waals surface area contributed by atoms with E-state index < -0.39 is 0 Å². The Morgan fingerprint density at radius 1 is 1.04 bits per heavy atom. The number of nitrogens with zero attached hydrogens (tertiary/aromatic N) is 1. The molecule has 0 aliphatic carbocycles. The third-order valence-corrected chi connectivity index (χ3v) is 4.70. The van der Waals surface area contributed by atoms with Gasteiger partial charge in [0, 0.05) is 30.9 Å². The second-order valence-corrected chi connectivity index (χ2v) is 6.62. The first-order valence-corrected chi connectivity index (χ1v) is 8.81. The fraction of sp³-hybridized carbons (Fsp3) is 0.381. The van der Waals surface area contributed by atoms with E-state index in [1.807, 2.05) is 11.8 Å². The zero-order valence-corrected chi connectivity index (χ0v) is 14.9. The van der Waals surface area contributed by atoms with Gasteiger partial charge in [-0.3, -0.25) is 4.79 Å². The summed E-state index contributed by atoms with van der Waals surface area (Å²) in [6.07, 6.45) is 2.78. The number of carbonyl (C=O) groups is 1. The van der Waals surface area contributed by atoms with Gasteiger partial charge >= 0.3 is 0 Å². The van der Waals surface area contributed by atoms with Gasteiger partial charge in [-0.25, -0.2) is 0 Å². The molecule has 3 heteroatoms. The van der Waals surface area contributed by atoms with E-state index in [-0.39, 0.29) is 5.91 Å². The number of carbonyl (C=O) groups excluding carboxylic acids is 1. The summed E-state index contributed by atoms with van der Waals surface area (Å²) in [6, 6.07) is 12.9. The van der Waals surface area contributed by atoms with Gasteiger partial charge in [-0.2, -0.15) is 0 Å². The number of amides is 1. The molecule has 0 spiro atoms. The highest BCUT2D eigenvalue weighted by Crippen LogP contribution is 2.29. The quantitative estimate of drug-likeness (QED) is 0.851. The Morgan fingerprint density at radius 2 is 1.75 bits per heavy atom. The number of anilines is 2. The Labute approximate surface area is 144 Å². The minimum absolute atomic E-state index is 0.229. The first kappa shape index (κ1) is 16.6. The van der Waals surface area contributed by atoms with Crippen LogP contribution in [-0.4, -0.2) is 19.0 Å². The molecular weight excluding hydrogens is 296 g/mol. The molecule has 2 aliphatic rings. The Balaban J connectivity index is 0.000000149. The van der Waals surface area contributed by atoms with Crippen molar-refractivity contribution in [3.8, 4) is 0 Å². The van der Waals surface area contributed by atoms with E-state index in [0.29, 0.717) is 6.42 Å². The predicted molar refractivity (Wildman–Crippen MR) is 101 cm³/mol. The number of nitrogens with one attached hydrogen (secondary N) is 1. The van der Waals surface area contributed by atoms with Crippen molar-refractivity contribution in [3.63, 3.8) is 0 Å². The van der Waals surface area contributed by atoms with Gasteiger partial charge in [-0.15, -0.1) is 0 Å². The summed E-state index contributed by atoms with van der Waals surface area (Å²) in [5.74, 6) is 0.229. The average Bonchev–Trinajstić information content (AvgIpc) is 3.20. The van der Waals surface area contributed by atoms with Crippen LogP contribution in [0.4, 0.5) is 11.4 Å². The molecular formula is C21H26N2O. The molecule has 4 rings (SSSR count). The number of hydrogen-bond acceptors (Lipinski definition) is 2. The van der Waals surface area contributed by atoms with Crippen molar-refractivity contribution in [1.29, 1.82) is 0 Å². The molecule has 2 aromatic carbocycles. The van der Waals surface area contributed by atoms with Gasteiger partial charge in [-0.05, 0) is 49.9 Å². The monoisotopic (exact) mass is 322 g/mol. The van der Waals surface area contributed by atoms with Gasteiger partial charge < -0.3 is 10.2 Å². The molecule has 1 N–H and O–H groups in total. The summed E-state index contributed by atoms with van der Waals surface area (Å²) < 4.78 is 0. The van der Waals surface area contributed by atoms with Crippen LogP contribution in [0.1, 0.15) is 35.6 Å². The van der Waals surface area contributed by atoms with Crippen LogP contribution < -0.4 is 10.2 Å². The number of aryl methyl sites for hydroxylation is 2. The summed E-state index contributed by atoms with van der Waals surface area (Å²) in [5.41, 5.74) is 7.86. The molecule has 0 unspecified atom stereocenters. The van der Waals surface area contributed by atoms with E-state index in [9.17, 15) is 4.79 Å². The SMILES string of the molecule is CCC(=O)N1CCc2cc(C)ccc21.Cc1ccc2c(c1)CCN2. The molecule has 0 saturated carbocycles. The van der Waals surface area contributed by atoms with Crippen LogP contribution in [0.2, 0.25) is 0 Å². The van der Waals surface area contributed by atoms with E-state index in [1.165, 1.54) is 34.4 Å². The molecule has 0 fully saturated rings. The Hall–Kier alpha value is -2.29. The van der Waals surface area contributed by atoms with E-state index in [1.54, 1.807) is 0 Å². The normalized spacial score (nSPS) is 14.4. The van der Waals surface area contributed by atoms with Crippen molar-refractivity contribution in [3.05, 3.63) is 58.7 Å². The molecule has 0 saturated heterocycles. The van der Waals surface area contributed by atoms with Gasteiger partial charge in [0.1, 0.15) is 0 Å². The summed E-state index contributed by atoms with van der Waals surface area (Å²) in [6.45, 7) is 8.10. The molecule has 0 radical (unpaired) electrons. The fourth-order valence-electron chi connectivity index (χ4n) is 3.41. The maximum Gasteiger partial charge on any atom is 0.226 e. The lowest BCUT2D eigenvalue weighted by Crippen LogP contribution is -2.27. The summed E-state index contributed by atoms with van der Waals surface area (Å²) in [4.78, 5) is 13.5. The largest absolute Gasteiger partial charge is 0.384 e. The second kappa shape index (κ2) is 7.08. The maximum absolute atomic E-state index is 11.6. The second-order valence-electron chi connectivity index (χ2n) is 6.62. The summed E-state index contributed by atoms with van der Waals surface area (Å²) in [5, 5.41) is 3.33. The van der Waals surface area contributed by atoms with Crippen LogP contribution in [0.3, 0.4) is 0 Å². The van der Waals surface area contributed by atoms with E-state index in [0.717, 1.165) is 25.2 Å². The van der Waals surface area contributed by atoms with Crippen molar-refractivity contribution < 1.29 is 4.79 Å². The van der Waals surface area contributed by atoms with Crippen molar-refractivity contribution in [1.82, 2.24) is 0 Å². The van der Waals surface area contributed by atoms with E-state index in [4.69, 9.17) is 0 Å². The highest BCUT2D eigenvalue weighted by Gasteiger charge is 2.22. The third-order valence-electron chi connectivity index (χ3n) is 4.70. The van der Waals surface area contributed by atoms with Crippen LogP contribution in [-0.2, 0) is 17.6 Å². The van der Waals surface area contributed by atoms with E-state index >= 15 is 0 Å². The van der Waals surface area contributed by atoms with Crippen molar-refractivity contribution in [2.45, 2.75) is 40.0 Å². The zero-order chi connectivity index (χ0) is 17.1. The van der Waals surface area contributed by atoms with Crippen LogP contribution in [0.25, 0.3) is 0 Å².